The Balaban J connectivity index is 1.94. The third-order valence-corrected chi connectivity index (χ3v) is 3.48. The maximum atomic E-state index is 12.7. The number of nitrogens with zero attached hydrogens (tertiary/aromatic N) is 2. The molecule has 6 heteroatoms. The summed E-state index contributed by atoms with van der Waals surface area (Å²) in [5.41, 5.74) is 0. The Morgan fingerprint density at radius 2 is 2.11 bits per heavy atom. The van der Waals surface area contributed by atoms with Crippen LogP contribution in [0.2, 0.25) is 0 Å². The van der Waals surface area contributed by atoms with Crippen LogP contribution in [0.5, 0.6) is 0 Å². The fraction of sp³-hybridized carbons (Fsp3) is 0.333. The van der Waals surface area contributed by atoms with Gasteiger partial charge in [0.25, 0.3) is 0 Å². The largest absolute Gasteiger partial charge is 0.338 e. The third kappa shape index (κ3) is 3.30. The Morgan fingerprint density at radius 3 is 2.78 bits per heavy atom. The number of nitrogens with one attached hydrogen (secondary N) is 1. The molecule has 1 atom stereocenters. The van der Waals surface area contributed by atoms with E-state index in [2.05, 4.69) is 15.5 Å². The van der Waals surface area contributed by atoms with Gasteiger partial charge in [-0.2, -0.15) is 4.98 Å². The highest BCUT2D eigenvalue weighted by Crippen LogP contribution is 2.22. The summed E-state index contributed by atoms with van der Waals surface area (Å²) in [6.45, 7) is 1.95. The minimum atomic E-state index is -0.232. The number of hydrogen-bond acceptors (Lipinski definition) is 5. The van der Waals surface area contributed by atoms with Crippen LogP contribution in [0.15, 0.2) is 33.7 Å². The average molecular weight is 267 g/mol. The van der Waals surface area contributed by atoms with Gasteiger partial charge in [-0.15, -0.1) is 11.8 Å². The molecular formula is C12H14FN3OS. The predicted molar refractivity (Wildman–Crippen MR) is 67.7 cm³/mol. The van der Waals surface area contributed by atoms with Gasteiger partial charge >= 0.3 is 0 Å². The molecule has 0 amide bonds. The summed E-state index contributed by atoms with van der Waals surface area (Å²) in [5, 5.41) is 6.93. The minimum absolute atomic E-state index is 0.0436. The predicted octanol–water partition coefficient (Wildman–Crippen LogP) is 2.78. The van der Waals surface area contributed by atoms with E-state index in [4.69, 9.17) is 4.52 Å². The zero-order chi connectivity index (χ0) is 13.0. The first-order valence-electron chi connectivity index (χ1n) is 5.57. The highest BCUT2D eigenvalue weighted by atomic mass is 32.2. The van der Waals surface area contributed by atoms with Crippen molar-refractivity contribution in [1.29, 1.82) is 0 Å². The van der Waals surface area contributed by atoms with Crippen molar-refractivity contribution in [3.8, 4) is 0 Å². The Labute approximate surface area is 109 Å². The zero-order valence-corrected chi connectivity index (χ0v) is 11.0. The van der Waals surface area contributed by atoms with E-state index in [0.717, 1.165) is 4.90 Å². The van der Waals surface area contributed by atoms with Gasteiger partial charge in [0.15, 0.2) is 5.82 Å². The maximum Gasteiger partial charge on any atom is 0.243 e. The van der Waals surface area contributed by atoms with Crippen LogP contribution in [0.25, 0.3) is 0 Å². The molecule has 1 heterocycles. The van der Waals surface area contributed by atoms with Gasteiger partial charge in [0.1, 0.15) is 5.82 Å². The molecule has 2 rings (SSSR count). The number of aromatic nitrogens is 2. The molecule has 1 aromatic heterocycles. The molecular weight excluding hydrogens is 253 g/mol. The SMILES string of the molecule is CNC(C)c1nc(CSc2ccc(F)cc2)no1. The highest BCUT2D eigenvalue weighted by molar-refractivity contribution is 7.98. The van der Waals surface area contributed by atoms with E-state index >= 15 is 0 Å². The first-order valence-corrected chi connectivity index (χ1v) is 6.55. The number of thioether (sulfide) groups is 1. The molecule has 0 aliphatic rings. The number of benzene rings is 1. The molecule has 0 saturated carbocycles. The third-order valence-electron chi connectivity index (χ3n) is 2.47. The van der Waals surface area contributed by atoms with E-state index in [0.29, 0.717) is 17.5 Å². The number of hydrogen-bond donors (Lipinski definition) is 1. The molecule has 0 radical (unpaired) electrons. The Kier molecular flexibility index (Phi) is 4.33. The van der Waals surface area contributed by atoms with Gasteiger partial charge in [-0.25, -0.2) is 4.39 Å². The smallest absolute Gasteiger partial charge is 0.243 e. The zero-order valence-electron chi connectivity index (χ0n) is 10.2. The van der Waals surface area contributed by atoms with Crippen LogP contribution in [0.1, 0.15) is 24.7 Å². The lowest BCUT2D eigenvalue weighted by molar-refractivity contribution is 0.344. The van der Waals surface area contributed by atoms with E-state index < -0.39 is 0 Å². The van der Waals surface area contributed by atoms with Crippen molar-refractivity contribution in [2.24, 2.45) is 0 Å². The molecule has 0 aliphatic carbocycles. The monoisotopic (exact) mass is 267 g/mol. The first-order chi connectivity index (χ1) is 8.69. The van der Waals surface area contributed by atoms with Crippen LogP contribution < -0.4 is 5.32 Å². The first kappa shape index (κ1) is 13.0. The lowest BCUT2D eigenvalue weighted by Crippen LogP contribution is -2.12. The van der Waals surface area contributed by atoms with Crippen LogP contribution in [-0.2, 0) is 5.75 Å². The summed E-state index contributed by atoms with van der Waals surface area (Å²) in [4.78, 5) is 5.25. The van der Waals surface area contributed by atoms with Gasteiger partial charge < -0.3 is 9.84 Å². The second kappa shape index (κ2) is 5.97. The van der Waals surface area contributed by atoms with Crippen molar-refractivity contribution in [2.75, 3.05) is 7.05 Å². The number of halogens is 1. The molecule has 18 heavy (non-hydrogen) atoms. The van der Waals surface area contributed by atoms with Gasteiger partial charge in [-0.05, 0) is 38.2 Å². The molecule has 1 aromatic carbocycles. The van der Waals surface area contributed by atoms with Crippen molar-refractivity contribution in [3.05, 3.63) is 41.8 Å². The summed E-state index contributed by atoms with van der Waals surface area (Å²) in [7, 11) is 1.84. The Morgan fingerprint density at radius 1 is 1.39 bits per heavy atom. The standard InChI is InChI=1S/C12H14FN3OS/c1-8(14-2)12-15-11(16-17-12)7-18-10-5-3-9(13)4-6-10/h3-6,8,14H,7H2,1-2H3. The summed E-state index contributed by atoms with van der Waals surface area (Å²) < 4.78 is 17.9. The van der Waals surface area contributed by atoms with Crippen LogP contribution >= 0.6 is 11.8 Å². The average Bonchev–Trinajstić information content (AvgIpc) is 2.86. The molecule has 96 valence electrons. The normalized spacial score (nSPS) is 12.6. The summed E-state index contributed by atoms with van der Waals surface area (Å²) in [6.07, 6.45) is 0. The van der Waals surface area contributed by atoms with Gasteiger partial charge in [-0.3, -0.25) is 0 Å². The summed E-state index contributed by atoms with van der Waals surface area (Å²) in [5.74, 6) is 1.59. The molecule has 1 unspecified atom stereocenters. The van der Waals surface area contributed by atoms with E-state index in [1.165, 1.54) is 12.1 Å². The lowest BCUT2D eigenvalue weighted by Gasteiger charge is -2.01. The maximum absolute atomic E-state index is 12.7. The molecule has 0 saturated heterocycles. The van der Waals surface area contributed by atoms with Gasteiger partial charge in [-0.1, -0.05) is 5.16 Å². The fourth-order valence-electron chi connectivity index (χ4n) is 1.30. The van der Waals surface area contributed by atoms with Crippen LogP contribution in [0.3, 0.4) is 0 Å². The summed E-state index contributed by atoms with van der Waals surface area (Å²) >= 11 is 1.54. The highest BCUT2D eigenvalue weighted by Gasteiger charge is 2.12. The molecule has 0 aliphatic heterocycles. The van der Waals surface area contributed by atoms with E-state index in [1.54, 1.807) is 23.9 Å². The summed E-state index contributed by atoms with van der Waals surface area (Å²) in [6, 6.07) is 6.39. The quantitative estimate of drug-likeness (QED) is 0.844. The van der Waals surface area contributed by atoms with Crippen LogP contribution in [0.4, 0.5) is 4.39 Å². The van der Waals surface area contributed by atoms with Crippen LogP contribution in [0, 0.1) is 5.82 Å². The number of rotatable bonds is 5. The molecule has 2 aromatic rings. The van der Waals surface area contributed by atoms with E-state index in [1.807, 2.05) is 14.0 Å². The minimum Gasteiger partial charge on any atom is -0.338 e. The Bertz CT molecular complexity index is 500. The molecule has 1 N–H and O–H groups in total. The molecule has 0 fully saturated rings. The second-order valence-electron chi connectivity index (χ2n) is 3.80. The van der Waals surface area contributed by atoms with Crippen molar-refractivity contribution in [2.45, 2.75) is 23.6 Å². The molecule has 0 bridgehead atoms. The van der Waals surface area contributed by atoms with Gasteiger partial charge in [0.2, 0.25) is 5.89 Å². The van der Waals surface area contributed by atoms with Crippen molar-refractivity contribution >= 4 is 11.8 Å². The van der Waals surface area contributed by atoms with Gasteiger partial charge in [0.05, 0.1) is 11.8 Å². The second-order valence-corrected chi connectivity index (χ2v) is 4.85. The fourth-order valence-corrected chi connectivity index (χ4v) is 2.05. The van der Waals surface area contributed by atoms with Crippen molar-refractivity contribution in [1.82, 2.24) is 15.5 Å². The molecule has 4 nitrogen and oxygen atoms in total. The topological polar surface area (TPSA) is 51.0 Å². The van der Waals surface area contributed by atoms with Crippen LogP contribution in [-0.4, -0.2) is 17.2 Å². The van der Waals surface area contributed by atoms with Crippen molar-refractivity contribution in [3.63, 3.8) is 0 Å². The molecule has 0 spiro atoms. The lowest BCUT2D eigenvalue weighted by atomic mass is 10.3. The van der Waals surface area contributed by atoms with E-state index in [9.17, 15) is 4.39 Å². The van der Waals surface area contributed by atoms with E-state index in [-0.39, 0.29) is 11.9 Å². The Hall–Kier alpha value is -1.40. The van der Waals surface area contributed by atoms with Crippen molar-refractivity contribution < 1.29 is 8.91 Å². The van der Waals surface area contributed by atoms with Gasteiger partial charge in [0, 0.05) is 4.90 Å².